The summed E-state index contributed by atoms with van der Waals surface area (Å²) >= 11 is 7.61. The van der Waals surface area contributed by atoms with Crippen molar-refractivity contribution in [2.24, 2.45) is 0 Å². The van der Waals surface area contributed by atoms with Gasteiger partial charge >= 0.3 is 0 Å². The quantitative estimate of drug-likeness (QED) is 0.187. The van der Waals surface area contributed by atoms with Gasteiger partial charge in [0, 0.05) is 50.5 Å². The summed E-state index contributed by atoms with van der Waals surface area (Å²) in [5.74, 6) is 0. The average Bonchev–Trinajstić information content (AvgIpc) is 3.85. The first kappa shape index (κ1) is 24.5. The Hall–Kier alpha value is -4.06. The Labute approximate surface area is 259 Å². The first-order valence-electron chi connectivity index (χ1n) is 13.9. The Morgan fingerprint density at radius 2 is 0.667 bits per heavy atom. The summed E-state index contributed by atoms with van der Waals surface area (Å²) in [5, 5.41) is 5.43. The van der Waals surface area contributed by atoms with Gasteiger partial charge in [-0.05, 0) is 58.7 Å². The van der Waals surface area contributed by atoms with Crippen LogP contribution in [-0.4, -0.2) is 0 Å². The van der Waals surface area contributed by atoms with Crippen LogP contribution in [0.4, 0.5) is 0 Å². The van der Waals surface area contributed by atoms with Gasteiger partial charge in [-0.25, -0.2) is 0 Å². The second-order valence-corrected chi connectivity index (χ2v) is 14.8. The molecule has 0 N–H and O–H groups in total. The van der Waals surface area contributed by atoms with Crippen molar-refractivity contribution in [2.45, 2.75) is 0 Å². The Balaban J connectivity index is 1.12. The van der Waals surface area contributed by atoms with E-state index in [1.165, 1.54) is 82.1 Å². The molecule has 42 heavy (non-hydrogen) atoms. The van der Waals surface area contributed by atoms with Crippen LogP contribution in [0.15, 0.2) is 133 Å². The van der Waals surface area contributed by atoms with E-state index in [1.807, 2.05) is 45.3 Å². The van der Waals surface area contributed by atoms with Crippen LogP contribution in [0.5, 0.6) is 0 Å². The first-order chi connectivity index (χ1) is 20.8. The molecule has 0 atom stereocenters. The number of thiophene rings is 4. The highest BCUT2D eigenvalue weighted by molar-refractivity contribution is 7.33. The Kier molecular flexibility index (Phi) is 5.70. The summed E-state index contributed by atoms with van der Waals surface area (Å²) in [4.78, 5) is 5.26. The van der Waals surface area contributed by atoms with E-state index in [4.69, 9.17) is 0 Å². The van der Waals surface area contributed by atoms with Gasteiger partial charge < -0.3 is 0 Å². The maximum absolute atomic E-state index is 2.39. The van der Waals surface area contributed by atoms with Gasteiger partial charge in [-0.15, -0.1) is 45.3 Å². The van der Waals surface area contributed by atoms with Crippen molar-refractivity contribution >= 4 is 85.7 Å². The molecular weight excluding hydrogens is 585 g/mol. The molecule has 0 aliphatic heterocycles. The van der Waals surface area contributed by atoms with Gasteiger partial charge in [0.15, 0.2) is 0 Å². The van der Waals surface area contributed by atoms with Gasteiger partial charge in [0.05, 0.1) is 9.40 Å². The van der Waals surface area contributed by atoms with Crippen LogP contribution in [0.25, 0.3) is 82.1 Å². The number of hydrogen-bond acceptors (Lipinski definition) is 4. The summed E-state index contributed by atoms with van der Waals surface area (Å²) in [6.45, 7) is 0. The number of rotatable bonds is 4. The molecule has 198 valence electrons. The molecule has 4 heterocycles. The third-order valence-electron chi connectivity index (χ3n) is 7.98. The van der Waals surface area contributed by atoms with E-state index in [9.17, 15) is 0 Å². The predicted molar refractivity (Wildman–Crippen MR) is 190 cm³/mol. The topological polar surface area (TPSA) is 0 Å². The van der Waals surface area contributed by atoms with Gasteiger partial charge in [-0.2, -0.15) is 0 Å². The van der Waals surface area contributed by atoms with E-state index < -0.39 is 0 Å². The summed E-state index contributed by atoms with van der Waals surface area (Å²) in [6, 6.07) is 49.0. The van der Waals surface area contributed by atoms with Crippen molar-refractivity contribution in [1.82, 2.24) is 0 Å². The second kappa shape index (κ2) is 9.75. The molecule has 0 bridgehead atoms. The molecule has 0 saturated heterocycles. The lowest BCUT2D eigenvalue weighted by Crippen LogP contribution is -1.73. The largest absolute Gasteiger partial charge is 0.135 e. The van der Waals surface area contributed by atoms with Gasteiger partial charge in [0.25, 0.3) is 0 Å². The summed E-state index contributed by atoms with van der Waals surface area (Å²) in [7, 11) is 0. The van der Waals surface area contributed by atoms with E-state index in [0.717, 1.165) is 0 Å². The molecule has 4 heteroatoms. The lowest BCUT2D eigenvalue weighted by Gasteiger charge is -1.99. The molecule has 0 spiro atoms. The average molecular weight is 607 g/mol. The first-order valence-corrected chi connectivity index (χ1v) is 17.2. The number of hydrogen-bond donors (Lipinski definition) is 0. The van der Waals surface area contributed by atoms with Crippen molar-refractivity contribution in [3.8, 4) is 41.8 Å². The highest BCUT2D eigenvalue weighted by Crippen LogP contribution is 2.46. The second-order valence-electron chi connectivity index (χ2n) is 10.5. The standard InChI is InChI=1S/C38H22S4/c1-3-7-23(8-4-1)31-17-19-33(39-31)25-11-13-27-29-15-16-30-28-14-12-26(22-36(28)42-38(30)37(29)41-35(27)21-25)34-20-18-32(40-34)24-9-5-2-6-10-24/h1-22H. The minimum absolute atomic E-state index is 1.28. The SMILES string of the molecule is c1ccc(-c2ccc(-c3ccc4c(c3)sc3c4ccc4c5ccc(-c6ccc(-c7ccccc7)s6)cc5sc43)s2)cc1. The molecule has 0 radical (unpaired) electrons. The van der Waals surface area contributed by atoms with Crippen LogP contribution < -0.4 is 0 Å². The van der Waals surface area contributed by atoms with E-state index in [2.05, 4.69) is 133 Å². The predicted octanol–water partition coefficient (Wildman–Crippen LogP) is 13.2. The molecule has 0 aliphatic rings. The van der Waals surface area contributed by atoms with Crippen molar-refractivity contribution < 1.29 is 0 Å². The van der Waals surface area contributed by atoms with Crippen LogP contribution in [-0.2, 0) is 0 Å². The zero-order valence-corrected chi connectivity index (χ0v) is 25.6. The van der Waals surface area contributed by atoms with Gasteiger partial charge in [-0.3, -0.25) is 0 Å². The third-order valence-corrected chi connectivity index (χ3v) is 12.8. The van der Waals surface area contributed by atoms with Gasteiger partial charge in [0.1, 0.15) is 0 Å². The van der Waals surface area contributed by atoms with E-state index in [-0.39, 0.29) is 0 Å². The van der Waals surface area contributed by atoms with E-state index in [0.29, 0.717) is 0 Å². The monoisotopic (exact) mass is 606 g/mol. The van der Waals surface area contributed by atoms with Gasteiger partial charge in [-0.1, -0.05) is 97.1 Å². The van der Waals surface area contributed by atoms with Crippen LogP contribution in [0.2, 0.25) is 0 Å². The molecule has 4 aromatic heterocycles. The molecule has 0 amide bonds. The maximum atomic E-state index is 2.39. The van der Waals surface area contributed by atoms with Crippen LogP contribution in [0.3, 0.4) is 0 Å². The lowest BCUT2D eigenvalue weighted by atomic mass is 10.1. The van der Waals surface area contributed by atoms with Crippen LogP contribution >= 0.6 is 45.3 Å². The van der Waals surface area contributed by atoms with E-state index in [1.54, 1.807) is 0 Å². The Morgan fingerprint density at radius 3 is 1.10 bits per heavy atom. The Morgan fingerprint density at radius 1 is 0.286 bits per heavy atom. The minimum atomic E-state index is 1.28. The molecule has 0 nitrogen and oxygen atoms in total. The molecule has 0 fully saturated rings. The van der Waals surface area contributed by atoms with Crippen molar-refractivity contribution in [2.75, 3.05) is 0 Å². The van der Waals surface area contributed by atoms with Crippen molar-refractivity contribution in [3.63, 3.8) is 0 Å². The van der Waals surface area contributed by atoms with Crippen molar-refractivity contribution in [3.05, 3.63) is 133 Å². The van der Waals surface area contributed by atoms with Gasteiger partial charge in [0.2, 0.25) is 0 Å². The normalized spacial score (nSPS) is 11.8. The molecule has 9 rings (SSSR count). The van der Waals surface area contributed by atoms with Crippen molar-refractivity contribution in [1.29, 1.82) is 0 Å². The maximum Gasteiger partial charge on any atom is 0.0534 e. The highest BCUT2D eigenvalue weighted by atomic mass is 32.1. The third kappa shape index (κ3) is 3.98. The fourth-order valence-electron chi connectivity index (χ4n) is 5.88. The molecule has 0 aliphatic carbocycles. The highest BCUT2D eigenvalue weighted by Gasteiger charge is 2.15. The summed E-state index contributed by atoms with van der Waals surface area (Å²) in [5.41, 5.74) is 5.15. The molecular formula is C38H22S4. The van der Waals surface area contributed by atoms with Crippen LogP contribution in [0, 0.1) is 0 Å². The summed E-state index contributed by atoms with van der Waals surface area (Å²) < 4.78 is 5.52. The molecule has 0 saturated carbocycles. The zero-order chi connectivity index (χ0) is 27.6. The zero-order valence-electron chi connectivity index (χ0n) is 22.3. The molecule has 0 unspecified atom stereocenters. The number of benzene rings is 5. The fraction of sp³-hybridized carbons (Fsp3) is 0. The summed E-state index contributed by atoms with van der Waals surface area (Å²) in [6.07, 6.45) is 0. The number of fused-ring (bicyclic) bond motifs is 7. The lowest BCUT2D eigenvalue weighted by molar-refractivity contribution is 1.70. The molecule has 5 aromatic carbocycles. The smallest absolute Gasteiger partial charge is 0.0534 e. The molecule has 9 aromatic rings. The minimum Gasteiger partial charge on any atom is -0.135 e. The Bertz CT molecular complexity index is 2230. The van der Waals surface area contributed by atoms with E-state index >= 15 is 0 Å². The fourth-order valence-corrected chi connectivity index (χ4v) is 10.5. The van der Waals surface area contributed by atoms with Crippen LogP contribution in [0.1, 0.15) is 0 Å².